The van der Waals surface area contributed by atoms with Crippen LogP contribution >= 0.6 is 0 Å². The molecular formula is C19H21N3O3. The molecule has 1 fully saturated rings. The van der Waals surface area contributed by atoms with Crippen LogP contribution < -0.4 is 5.32 Å². The molecule has 1 saturated heterocycles. The van der Waals surface area contributed by atoms with Crippen molar-refractivity contribution >= 4 is 12.0 Å². The Labute approximate surface area is 146 Å². The molecule has 0 aliphatic carbocycles. The van der Waals surface area contributed by atoms with E-state index < -0.39 is 6.09 Å². The topological polar surface area (TPSA) is 71.5 Å². The molecule has 6 heteroatoms. The summed E-state index contributed by atoms with van der Waals surface area (Å²) in [5.74, 6) is -0.108. The number of hydrogen-bond acceptors (Lipinski definition) is 4. The maximum Gasteiger partial charge on any atom is 0.407 e. The lowest BCUT2D eigenvalue weighted by Gasteiger charge is -2.25. The molecule has 3 rings (SSSR count). The molecule has 1 aromatic heterocycles. The van der Waals surface area contributed by atoms with Crippen LogP contribution in [0.25, 0.3) is 0 Å². The van der Waals surface area contributed by atoms with Gasteiger partial charge in [-0.2, -0.15) is 0 Å². The standard InChI is InChI=1S/C19H21N3O3/c23-18(13-21-19(24)25-14-15-6-2-1-3-7-15)22-11-5-9-17(22)16-8-4-10-20-12-16/h1-4,6-8,10,12,17H,5,9,11,13-14H2,(H,21,24)/t17-/m0/s1. The first kappa shape index (κ1) is 17.0. The fraction of sp³-hybridized carbons (Fsp3) is 0.316. The van der Waals surface area contributed by atoms with Crippen molar-refractivity contribution in [3.8, 4) is 0 Å². The molecular weight excluding hydrogens is 318 g/mol. The Kier molecular flexibility index (Phi) is 5.61. The largest absolute Gasteiger partial charge is 0.445 e. The monoisotopic (exact) mass is 339 g/mol. The lowest BCUT2D eigenvalue weighted by molar-refractivity contribution is -0.131. The van der Waals surface area contributed by atoms with Gasteiger partial charge < -0.3 is 15.0 Å². The van der Waals surface area contributed by atoms with Crippen molar-refractivity contribution in [2.24, 2.45) is 0 Å². The number of aromatic nitrogens is 1. The van der Waals surface area contributed by atoms with Gasteiger partial charge >= 0.3 is 6.09 Å². The first-order valence-corrected chi connectivity index (χ1v) is 8.38. The number of hydrogen-bond donors (Lipinski definition) is 1. The summed E-state index contributed by atoms with van der Waals surface area (Å²) in [5.41, 5.74) is 1.93. The van der Waals surface area contributed by atoms with E-state index in [1.54, 1.807) is 17.3 Å². The zero-order valence-electron chi connectivity index (χ0n) is 13.9. The van der Waals surface area contributed by atoms with Crippen molar-refractivity contribution in [1.29, 1.82) is 0 Å². The lowest BCUT2D eigenvalue weighted by Crippen LogP contribution is -2.40. The number of alkyl carbamates (subject to hydrolysis) is 1. The molecule has 1 aliphatic rings. The van der Waals surface area contributed by atoms with Crippen LogP contribution in [0.1, 0.15) is 30.0 Å². The van der Waals surface area contributed by atoms with Crippen LogP contribution in [0, 0.1) is 0 Å². The number of pyridine rings is 1. The summed E-state index contributed by atoms with van der Waals surface area (Å²) in [7, 11) is 0. The molecule has 2 heterocycles. The van der Waals surface area contributed by atoms with Gasteiger partial charge in [-0.3, -0.25) is 9.78 Å². The van der Waals surface area contributed by atoms with Crippen LogP contribution in [0.15, 0.2) is 54.9 Å². The number of carbonyl (C=O) groups excluding carboxylic acids is 2. The highest BCUT2D eigenvalue weighted by Gasteiger charge is 2.30. The molecule has 6 nitrogen and oxygen atoms in total. The van der Waals surface area contributed by atoms with Gasteiger partial charge in [-0.05, 0) is 30.0 Å². The molecule has 1 atom stereocenters. The van der Waals surface area contributed by atoms with Crippen LogP contribution in [-0.4, -0.2) is 35.0 Å². The van der Waals surface area contributed by atoms with Gasteiger partial charge in [-0.15, -0.1) is 0 Å². The third-order valence-electron chi connectivity index (χ3n) is 4.24. The minimum Gasteiger partial charge on any atom is -0.445 e. The Balaban J connectivity index is 1.47. The third kappa shape index (κ3) is 4.56. The molecule has 1 aromatic carbocycles. The molecule has 2 amide bonds. The summed E-state index contributed by atoms with van der Waals surface area (Å²) in [6.07, 6.45) is 4.78. The molecule has 1 aliphatic heterocycles. The minimum absolute atomic E-state index is 0.0309. The summed E-state index contributed by atoms with van der Waals surface area (Å²) in [5, 5.41) is 2.53. The van der Waals surface area contributed by atoms with Gasteiger partial charge in [0.2, 0.25) is 5.91 Å². The SMILES string of the molecule is O=C(NCC(=O)N1CCC[C@H]1c1cccnc1)OCc1ccccc1. The Bertz CT molecular complexity index is 706. The second kappa shape index (κ2) is 8.28. The summed E-state index contributed by atoms with van der Waals surface area (Å²) < 4.78 is 5.12. The first-order valence-electron chi connectivity index (χ1n) is 8.38. The van der Waals surface area contributed by atoms with Gasteiger partial charge in [0.1, 0.15) is 13.2 Å². The van der Waals surface area contributed by atoms with Crippen LogP contribution in [0.5, 0.6) is 0 Å². The van der Waals surface area contributed by atoms with Gasteiger partial charge in [0.25, 0.3) is 0 Å². The molecule has 0 spiro atoms. The van der Waals surface area contributed by atoms with E-state index in [-0.39, 0.29) is 25.1 Å². The van der Waals surface area contributed by atoms with E-state index in [2.05, 4.69) is 10.3 Å². The van der Waals surface area contributed by atoms with E-state index >= 15 is 0 Å². The van der Waals surface area contributed by atoms with Gasteiger partial charge in [0.15, 0.2) is 0 Å². The Morgan fingerprint density at radius 2 is 2.04 bits per heavy atom. The zero-order valence-corrected chi connectivity index (χ0v) is 13.9. The summed E-state index contributed by atoms with van der Waals surface area (Å²) >= 11 is 0. The van der Waals surface area contributed by atoms with Crippen LogP contribution in [0.4, 0.5) is 4.79 Å². The van der Waals surface area contributed by atoms with Gasteiger partial charge in [-0.25, -0.2) is 4.79 Å². The number of amides is 2. The maximum atomic E-state index is 12.4. The molecule has 130 valence electrons. The van der Waals surface area contributed by atoms with Crippen molar-refractivity contribution in [3.63, 3.8) is 0 Å². The van der Waals surface area contributed by atoms with Gasteiger partial charge in [-0.1, -0.05) is 36.4 Å². The van der Waals surface area contributed by atoms with E-state index in [0.717, 1.165) is 24.0 Å². The Hall–Kier alpha value is -2.89. The summed E-state index contributed by atoms with van der Waals surface area (Å²) in [6.45, 7) is 0.812. The smallest absolute Gasteiger partial charge is 0.407 e. The average molecular weight is 339 g/mol. The van der Waals surface area contributed by atoms with E-state index in [4.69, 9.17) is 4.74 Å². The molecule has 0 saturated carbocycles. The summed E-state index contributed by atoms with van der Waals surface area (Å²) in [6, 6.07) is 13.3. The summed E-state index contributed by atoms with van der Waals surface area (Å²) in [4.78, 5) is 30.1. The number of rotatable bonds is 5. The van der Waals surface area contributed by atoms with Crippen LogP contribution in [-0.2, 0) is 16.1 Å². The third-order valence-corrected chi connectivity index (χ3v) is 4.24. The average Bonchev–Trinajstić information content (AvgIpc) is 3.16. The van der Waals surface area contributed by atoms with E-state index in [9.17, 15) is 9.59 Å². The van der Waals surface area contributed by atoms with E-state index in [1.165, 1.54) is 0 Å². The van der Waals surface area contributed by atoms with Crippen molar-refractivity contribution in [2.75, 3.05) is 13.1 Å². The van der Waals surface area contributed by atoms with Crippen LogP contribution in [0.2, 0.25) is 0 Å². The normalized spacial score (nSPS) is 16.5. The molecule has 1 N–H and O–H groups in total. The predicted octanol–water partition coefficient (Wildman–Crippen LogP) is 2.67. The van der Waals surface area contributed by atoms with Crippen molar-refractivity contribution < 1.29 is 14.3 Å². The van der Waals surface area contributed by atoms with Crippen molar-refractivity contribution in [2.45, 2.75) is 25.5 Å². The molecule has 0 unspecified atom stereocenters. The highest BCUT2D eigenvalue weighted by molar-refractivity contribution is 5.82. The maximum absolute atomic E-state index is 12.4. The number of carbonyl (C=O) groups is 2. The molecule has 2 aromatic rings. The van der Waals surface area contributed by atoms with Crippen LogP contribution in [0.3, 0.4) is 0 Å². The molecule has 25 heavy (non-hydrogen) atoms. The second-order valence-corrected chi connectivity index (χ2v) is 5.95. The number of ether oxygens (including phenoxy) is 1. The number of nitrogens with zero attached hydrogens (tertiary/aromatic N) is 2. The number of benzene rings is 1. The van der Waals surface area contributed by atoms with E-state index in [1.807, 2.05) is 42.5 Å². The first-order chi connectivity index (χ1) is 12.2. The second-order valence-electron chi connectivity index (χ2n) is 5.95. The highest BCUT2D eigenvalue weighted by atomic mass is 16.5. The number of likely N-dealkylation sites (tertiary alicyclic amines) is 1. The van der Waals surface area contributed by atoms with Crippen molar-refractivity contribution in [1.82, 2.24) is 15.2 Å². The molecule has 0 bridgehead atoms. The highest BCUT2D eigenvalue weighted by Crippen LogP contribution is 2.31. The predicted molar refractivity (Wildman–Crippen MR) is 92.6 cm³/mol. The fourth-order valence-corrected chi connectivity index (χ4v) is 3.01. The van der Waals surface area contributed by atoms with Gasteiger partial charge in [0, 0.05) is 18.9 Å². The molecule has 0 radical (unpaired) electrons. The van der Waals surface area contributed by atoms with Gasteiger partial charge in [0.05, 0.1) is 6.04 Å². The van der Waals surface area contributed by atoms with E-state index in [0.29, 0.717) is 6.54 Å². The Morgan fingerprint density at radius 1 is 1.20 bits per heavy atom. The fourth-order valence-electron chi connectivity index (χ4n) is 3.01. The van der Waals surface area contributed by atoms with Crippen molar-refractivity contribution in [3.05, 3.63) is 66.0 Å². The zero-order chi connectivity index (χ0) is 17.5. The quantitative estimate of drug-likeness (QED) is 0.909. The number of nitrogens with one attached hydrogen (secondary N) is 1. The minimum atomic E-state index is -0.589. The Morgan fingerprint density at radius 3 is 2.80 bits per heavy atom. The lowest BCUT2D eigenvalue weighted by atomic mass is 10.1.